The van der Waals surface area contributed by atoms with Crippen LogP contribution in [-0.2, 0) is 6.42 Å². The van der Waals surface area contributed by atoms with Crippen molar-refractivity contribution in [1.29, 1.82) is 0 Å². The van der Waals surface area contributed by atoms with Crippen LogP contribution in [0.2, 0.25) is 0 Å². The van der Waals surface area contributed by atoms with E-state index in [1.165, 1.54) is 35.7 Å². The number of benzene rings is 1. The highest BCUT2D eigenvalue weighted by atomic mass is 79.9. The van der Waals surface area contributed by atoms with Crippen LogP contribution >= 0.6 is 15.9 Å². The SMILES string of the molecule is CCCNC(CC)CCCc1cc(OC)ccc1Br. The van der Waals surface area contributed by atoms with Crippen LogP contribution in [0, 0.1) is 0 Å². The van der Waals surface area contributed by atoms with Crippen molar-refractivity contribution >= 4 is 15.9 Å². The molecule has 0 amide bonds. The Bertz CT molecular complexity index is 368. The number of hydrogen-bond donors (Lipinski definition) is 1. The molecule has 0 spiro atoms. The highest BCUT2D eigenvalue weighted by Gasteiger charge is 2.07. The van der Waals surface area contributed by atoms with Gasteiger partial charge in [-0.05, 0) is 62.4 Å². The Kier molecular flexibility index (Phi) is 8.15. The maximum atomic E-state index is 5.28. The molecule has 0 aliphatic rings. The minimum Gasteiger partial charge on any atom is -0.497 e. The van der Waals surface area contributed by atoms with Gasteiger partial charge in [0.25, 0.3) is 0 Å². The fourth-order valence-corrected chi connectivity index (χ4v) is 2.65. The summed E-state index contributed by atoms with van der Waals surface area (Å²) >= 11 is 3.61. The average Bonchev–Trinajstić information content (AvgIpc) is 2.44. The lowest BCUT2D eigenvalue weighted by Gasteiger charge is -2.16. The monoisotopic (exact) mass is 327 g/mol. The first-order chi connectivity index (χ1) is 9.21. The first kappa shape index (κ1) is 16.5. The highest BCUT2D eigenvalue weighted by molar-refractivity contribution is 9.10. The Morgan fingerprint density at radius 3 is 2.74 bits per heavy atom. The fourth-order valence-electron chi connectivity index (χ4n) is 2.21. The van der Waals surface area contributed by atoms with Gasteiger partial charge in [-0.2, -0.15) is 0 Å². The number of nitrogens with one attached hydrogen (secondary N) is 1. The van der Waals surface area contributed by atoms with Gasteiger partial charge in [0.05, 0.1) is 7.11 Å². The van der Waals surface area contributed by atoms with Crippen molar-refractivity contribution < 1.29 is 4.74 Å². The first-order valence-corrected chi connectivity index (χ1v) is 8.06. The molecule has 0 fully saturated rings. The molecule has 0 heterocycles. The van der Waals surface area contributed by atoms with Gasteiger partial charge in [-0.3, -0.25) is 0 Å². The summed E-state index contributed by atoms with van der Waals surface area (Å²) in [6.45, 7) is 5.60. The quantitative estimate of drug-likeness (QED) is 0.717. The normalized spacial score (nSPS) is 12.4. The molecular weight excluding hydrogens is 302 g/mol. The zero-order chi connectivity index (χ0) is 14.1. The molecule has 0 radical (unpaired) electrons. The lowest BCUT2D eigenvalue weighted by atomic mass is 10.0. The number of aryl methyl sites for hydroxylation is 1. The Morgan fingerprint density at radius 1 is 1.32 bits per heavy atom. The molecule has 3 heteroatoms. The maximum Gasteiger partial charge on any atom is 0.119 e. The Morgan fingerprint density at radius 2 is 2.11 bits per heavy atom. The van der Waals surface area contributed by atoms with Crippen molar-refractivity contribution in [1.82, 2.24) is 5.32 Å². The van der Waals surface area contributed by atoms with Gasteiger partial charge in [-0.25, -0.2) is 0 Å². The summed E-state index contributed by atoms with van der Waals surface area (Å²) in [4.78, 5) is 0. The van der Waals surface area contributed by atoms with E-state index >= 15 is 0 Å². The van der Waals surface area contributed by atoms with Crippen LogP contribution < -0.4 is 10.1 Å². The molecule has 0 bridgehead atoms. The zero-order valence-corrected chi connectivity index (χ0v) is 13.9. The Labute approximate surface area is 126 Å². The average molecular weight is 328 g/mol. The van der Waals surface area contributed by atoms with Crippen LogP contribution in [0.3, 0.4) is 0 Å². The van der Waals surface area contributed by atoms with E-state index in [0.29, 0.717) is 6.04 Å². The van der Waals surface area contributed by atoms with Gasteiger partial charge < -0.3 is 10.1 Å². The lowest BCUT2D eigenvalue weighted by molar-refractivity contribution is 0.413. The molecule has 0 saturated carbocycles. The standard InChI is InChI=1S/C16H26BrNO/c1-4-11-18-14(5-2)8-6-7-13-12-15(19-3)9-10-16(13)17/h9-10,12,14,18H,4-8,11H2,1-3H3. The van der Waals surface area contributed by atoms with Crippen molar-refractivity contribution in [3.05, 3.63) is 28.2 Å². The van der Waals surface area contributed by atoms with E-state index in [9.17, 15) is 0 Å². The minimum atomic E-state index is 0.657. The van der Waals surface area contributed by atoms with E-state index in [-0.39, 0.29) is 0 Å². The number of ether oxygens (including phenoxy) is 1. The summed E-state index contributed by atoms with van der Waals surface area (Å²) in [7, 11) is 1.72. The van der Waals surface area contributed by atoms with E-state index in [4.69, 9.17) is 4.74 Å². The molecule has 0 saturated heterocycles. The molecule has 1 aromatic carbocycles. The van der Waals surface area contributed by atoms with Crippen LogP contribution in [0.5, 0.6) is 5.75 Å². The van der Waals surface area contributed by atoms with Crippen LogP contribution in [-0.4, -0.2) is 19.7 Å². The van der Waals surface area contributed by atoms with Crippen molar-refractivity contribution in [2.75, 3.05) is 13.7 Å². The third kappa shape index (κ3) is 5.96. The van der Waals surface area contributed by atoms with E-state index in [1.807, 2.05) is 6.07 Å². The molecular formula is C16H26BrNO. The summed E-state index contributed by atoms with van der Waals surface area (Å²) in [6, 6.07) is 6.85. The van der Waals surface area contributed by atoms with Gasteiger partial charge in [0, 0.05) is 10.5 Å². The van der Waals surface area contributed by atoms with Crippen LogP contribution in [0.1, 0.15) is 45.1 Å². The van der Waals surface area contributed by atoms with Crippen molar-refractivity contribution in [3.63, 3.8) is 0 Å². The fraction of sp³-hybridized carbons (Fsp3) is 0.625. The molecule has 1 N–H and O–H groups in total. The molecule has 1 rings (SSSR count). The molecule has 108 valence electrons. The van der Waals surface area contributed by atoms with Gasteiger partial charge in [-0.15, -0.1) is 0 Å². The van der Waals surface area contributed by atoms with E-state index < -0.39 is 0 Å². The summed E-state index contributed by atoms with van der Waals surface area (Å²) < 4.78 is 6.46. The van der Waals surface area contributed by atoms with Crippen molar-refractivity contribution in [2.24, 2.45) is 0 Å². The predicted octanol–water partition coefficient (Wildman–Crippen LogP) is 4.56. The Balaban J connectivity index is 2.43. The molecule has 19 heavy (non-hydrogen) atoms. The van der Waals surface area contributed by atoms with Crippen LogP contribution in [0.15, 0.2) is 22.7 Å². The van der Waals surface area contributed by atoms with Crippen molar-refractivity contribution in [3.8, 4) is 5.75 Å². The predicted molar refractivity (Wildman–Crippen MR) is 86.0 cm³/mol. The second-order valence-electron chi connectivity index (χ2n) is 4.91. The van der Waals surface area contributed by atoms with Crippen LogP contribution in [0.25, 0.3) is 0 Å². The highest BCUT2D eigenvalue weighted by Crippen LogP contribution is 2.24. The second-order valence-corrected chi connectivity index (χ2v) is 5.76. The zero-order valence-electron chi connectivity index (χ0n) is 12.3. The van der Waals surface area contributed by atoms with Crippen molar-refractivity contribution in [2.45, 2.75) is 52.0 Å². The molecule has 1 unspecified atom stereocenters. The van der Waals surface area contributed by atoms with E-state index in [1.54, 1.807) is 7.11 Å². The number of methoxy groups -OCH3 is 1. The lowest BCUT2D eigenvalue weighted by Crippen LogP contribution is -2.29. The number of halogens is 1. The summed E-state index contributed by atoms with van der Waals surface area (Å²) in [5, 5.41) is 3.61. The number of hydrogen-bond acceptors (Lipinski definition) is 2. The molecule has 1 aromatic rings. The third-order valence-corrected chi connectivity index (χ3v) is 4.20. The Hall–Kier alpha value is -0.540. The molecule has 0 aromatic heterocycles. The van der Waals surface area contributed by atoms with E-state index in [0.717, 1.165) is 18.7 Å². The maximum absolute atomic E-state index is 5.28. The third-order valence-electron chi connectivity index (χ3n) is 3.43. The minimum absolute atomic E-state index is 0.657. The van der Waals surface area contributed by atoms with Crippen LogP contribution in [0.4, 0.5) is 0 Å². The van der Waals surface area contributed by atoms with Gasteiger partial charge in [-0.1, -0.05) is 29.8 Å². The largest absolute Gasteiger partial charge is 0.497 e. The summed E-state index contributed by atoms with van der Waals surface area (Å²) in [5.74, 6) is 0.939. The van der Waals surface area contributed by atoms with Gasteiger partial charge in [0.15, 0.2) is 0 Å². The second kappa shape index (κ2) is 9.38. The molecule has 2 nitrogen and oxygen atoms in total. The van der Waals surface area contributed by atoms with E-state index in [2.05, 4.69) is 47.2 Å². The summed E-state index contributed by atoms with van der Waals surface area (Å²) in [6.07, 6.45) is 5.96. The topological polar surface area (TPSA) is 21.3 Å². The number of rotatable bonds is 9. The molecule has 0 aliphatic heterocycles. The van der Waals surface area contributed by atoms with Gasteiger partial charge in [0.2, 0.25) is 0 Å². The molecule has 1 atom stereocenters. The smallest absolute Gasteiger partial charge is 0.119 e. The summed E-state index contributed by atoms with van der Waals surface area (Å²) in [5.41, 5.74) is 1.34. The van der Waals surface area contributed by atoms with Gasteiger partial charge in [0.1, 0.15) is 5.75 Å². The first-order valence-electron chi connectivity index (χ1n) is 7.27. The molecule has 0 aliphatic carbocycles. The van der Waals surface area contributed by atoms with Gasteiger partial charge >= 0.3 is 0 Å².